The topological polar surface area (TPSA) is 104 Å². The molecule has 0 spiro atoms. The highest BCUT2D eigenvalue weighted by molar-refractivity contribution is 6.32. The summed E-state index contributed by atoms with van der Waals surface area (Å²) in [5.74, 6) is -4.53. The minimum atomic E-state index is -1.38. The molecule has 4 amide bonds. The van der Waals surface area contributed by atoms with Gasteiger partial charge in [-0.3, -0.25) is 24.1 Å². The van der Waals surface area contributed by atoms with E-state index in [2.05, 4.69) is 0 Å². The number of aromatic hydroxyl groups is 1. The number of carbonyl (C=O) groups excluding carboxylic acids is 4. The smallest absolute Gasteiger partial charge is 0.246 e. The van der Waals surface area contributed by atoms with Gasteiger partial charge in [-0.25, -0.2) is 4.90 Å². The number of carbonyl (C=O) groups is 4. The van der Waals surface area contributed by atoms with Crippen LogP contribution in [0.5, 0.6) is 11.5 Å². The summed E-state index contributed by atoms with van der Waals surface area (Å²) in [5, 5.41) is 11.1. The highest BCUT2D eigenvalue weighted by atomic mass is 35.5. The molecule has 8 nitrogen and oxygen atoms in total. The van der Waals surface area contributed by atoms with E-state index in [1.54, 1.807) is 60.7 Å². The van der Waals surface area contributed by atoms with Crippen LogP contribution in [0.15, 0.2) is 115 Å². The molecular weight excluding hydrogens is 687 g/mol. The molecule has 1 saturated carbocycles. The number of fused-ring (bicyclic) bond motifs is 4. The molecule has 2 saturated heterocycles. The Balaban J connectivity index is 1.32. The van der Waals surface area contributed by atoms with Gasteiger partial charge in [-0.15, -0.1) is 0 Å². The summed E-state index contributed by atoms with van der Waals surface area (Å²) in [5.41, 5.74) is 1.64. The number of hydrogen-bond acceptors (Lipinski definition) is 6. The van der Waals surface area contributed by atoms with Crippen molar-refractivity contribution in [2.24, 2.45) is 29.6 Å². The van der Waals surface area contributed by atoms with Crippen molar-refractivity contribution < 1.29 is 29.0 Å². The average molecular weight is 720 g/mol. The van der Waals surface area contributed by atoms with Crippen LogP contribution in [-0.4, -0.2) is 35.8 Å². The molecule has 2 aliphatic carbocycles. The zero-order valence-electron chi connectivity index (χ0n) is 27.4. The maximum absolute atomic E-state index is 15.2. The molecule has 8 rings (SSSR count). The molecule has 4 aromatic rings. The number of nitrogens with zero attached hydrogens (tertiary/aromatic N) is 2. The minimum Gasteiger partial charge on any atom is -0.504 e. The van der Waals surface area contributed by atoms with E-state index in [-0.39, 0.29) is 41.5 Å². The van der Waals surface area contributed by atoms with Crippen molar-refractivity contribution in [2.45, 2.75) is 18.3 Å². The first-order valence-corrected chi connectivity index (χ1v) is 17.5. The highest BCUT2D eigenvalue weighted by Gasteiger charge is 2.69. The molecule has 2 heterocycles. The van der Waals surface area contributed by atoms with Crippen LogP contribution in [0.25, 0.3) is 6.08 Å². The largest absolute Gasteiger partial charge is 0.504 e. The number of allylic oxidation sites excluding steroid dienone is 3. The molecule has 0 bridgehead atoms. The number of imide groups is 2. The second-order valence-electron chi connectivity index (χ2n) is 13.4. The summed E-state index contributed by atoms with van der Waals surface area (Å²) in [6.07, 6.45) is 6.28. The zero-order chi connectivity index (χ0) is 35.6. The van der Waals surface area contributed by atoms with Gasteiger partial charge in [-0.1, -0.05) is 89.5 Å². The molecule has 1 N–H and O–H groups in total. The third kappa shape index (κ3) is 5.03. The van der Waals surface area contributed by atoms with E-state index in [4.69, 9.17) is 27.9 Å². The molecule has 256 valence electrons. The van der Waals surface area contributed by atoms with E-state index in [0.717, 1.165) is 5.57 Å². The van der Waals surface area contributed by atoms with Crippen molar-refractivity contribution in [3.63, 3.8) is 0 Å². The Kier molecular flexibility index (Phi) is 8.12. The molecule has 0 aromatic heterocycles. The van der Waals surface area contributed by atoms with Gasteiger partial charge in [0.2, 0.25) is 23.6 Å². The summed E-state index contributed by atoms with van der Waals surface area (Å²) in [6, 6.07) is 27.6. The third-order valence-corrected chi connectivity index (χ3v) is 11.5. The Morgan fingerprint density at radius 2 is 1.55 bits per heavy atom. The fourth-order valence-electron chi connectivity index (χ4n) is 8.84. The summed E-state index contributed by atoms with van der Waals surface area (Å²) in [6.45, 7) is 0. The first-order chi connectivity index (χ1) is 24.6. The summed E-state index contributed by atoms with van der Waals surface area (Å²) >= 11 is 12.5. The maximum Gasteiger partial charge on any atom is 0.246 e. The number of benzene rings is 4. The molecule has 3 fully saturated rings. The van der Waals surface area contributed by atoms with Gasteiger partial charge in [-0.2, -0.15) is 0 Å². The number of hydrogen-bond donors (Lipinski definition) is 1. The number of rotatable bonds is 6. The van der Waals surface area contributed by atoms with Gasteiger partial charge >= 0.3 is 0 Å². The SMILES string of the molecule is COc1cc(C=CC2C3=CCC4C(=O)N(c5ccc(Cl)cc5)C(=O)C4C3CC3C(=O)N(c4cccc(Cl)c4)C(=O)C23c2ccccc2)ccc1O. The molecule has 6 atom stereocenters. The van der Waals surface area contributed by atoms with E-state index in [1.165, 1.54) is 23.0 Å². The Bertz CT molecular complexity index is 2170. The average Bonchev–Trinajstić information content (AvgIpc) is 3.53. The van der Waals surface area contributed by atoms with E-state index >= 15 is 4.79 Å². The lowest BCUT2D eigenvalue weighted by molar-refractivity contribution is -0.128. The van der Waals surface area contributed by atoms with Crippen LogP contribution in [0.4, 0.5) is 11.4 Å². The molecule has 6 unspecified atom stereocenters. The van der Waals surface area contributed by atoms with Crippen LogP contribution < -0.4 is 14.5 Å². The lowest BCUT2D eigenvalue weighted by Crippen LogP contribution is -2.54. The standard InChI is InChI=1S/C41H32Cl2N2O6/c1-51-35-20-23(11-19-34(35)46)10-18-32-29-16-17-30-36(39(49)44(37(30)47)27-14-12-25(42)13-15-27)31(29)22-33-38(48)45(28-9-5-8-26(43)21-28)40(50)41(32,33)24-6-3-2-4-7-24/h2-16,18-21,30-33,36,46H,17,22H2,1H3. The maximum atomic E-state index is 15.2. The molecule has 4 aromatic carbocycles. The van der Waals surface area contributed by atoms with Gasteiger partial charge in [0.05, 0.1) is 41.7 Å². The summed E-state index contributed by atoms with van der Waals surface area (Å²) < 4.78 is 5.36. The van der Waals surface area contributed by atoms with Crippen LogP contribution in [0, 0.1) is 29.6 Å². The fraction of sp³-hybridized carbons (Fsp3) is 0.220. The predicted octanol–water partition coefficient (Wildman–Crippen LogP) is 7.62. The van der Waals surface area contributed by atoms with Gasteiger partial charge in [-0.05, 0) is 84.5 Å². The fourth-order valence-corrected chi connectivity index (χ4v) is 9.15. The zero-order valence-corrected chi connectivity index (χ0v) is 28.9. The van der Waals surface area contributed by atoms with Crippen molar-refractivity contribution in [3.8, 4) is 11.5 Å². The van der Waals surface area contributed by atoms with E-state index in [1.807, 2.05) is 48.6 Å². The number of anilines is 2. The number of phenols is 1. The van der Waals surface area contributed by atoms with E-state index < -0.39 is 35.0 Å². The van der Waals surface area contributed by atoms with Crippen molar-refractivity contribution in [3.05, 3.63) is 136 Å². The number of ether oxygens (including phenoxy) is 1. The van der Waals surface area contributed by atoms with Crippen LogP contribution in [0.3, 0.4) is 0 Å². The quantitative estimate of drug-likeness (QED) is 0.163. The monoisotopic (exact) mass is 718 g/mol. The molecular formula is C41H32Cl2N2O6. The van der Waals surface area contributed by atoms with Crippen LogP contribution in [0.1, 0.15) is 24.0 Å². The first kappa shape index (κ1) is 33.0. The van der Waals surface area contributed by atoms with Crippen LogP contribution in [0.2, 0.25) is 10.0 Å². The number of amides is 4. The van der Waals surface area contributed by atoms with Gasteiger partial charge < -0.3 is 9.84 Å². The van der Waals surface area contributed by atoms with Gasteiger partial charge in [0.1, 0.15) is 0 Å². The molecule has 4 aliphatic rings. The van der Waals surface area contributed by atoms with E-state index in [0.29, 0.717) is 39.0 Å². The molecule has 10 heteroatoms. The Morgan fingerprint density at radius 1 is 0.784 bits per heavy atom. The first-order valence-electron chi connectivity index (χ1n) is 16.7. The molecule has 0 radical (unpaired) electrons. The van der Waals surface area contributed by atoms with Crippen molar-refractivity contribution >= 4 is 64.3 Å². The lowest BCUT2D eigenvalue weighted by atomic mass is 9.50. The normalized spacial score (nSPS) is 27.0. The van der Waals surface area contributed by atoms with E-state index in [9.17, 15) is 19.5 Å². The minimum absolute atomic E-state index is 0.0161. The molecule has 51 heavy (non-hydrogen) atoms. The lowest BCUT2D eigenvalue weighted by Gasteiger charge is -2.49. The van der Waals surface area contributed by atoms with Crippen LogP contribution in [-0.2, 0) is 24.6 Å². The van der Waals surface area contributed by atoms with Gasteiger partial charge in [0.25, 0.3) is 0 Å². The van der Waals surface area contributed by atoms with Crippen molar-refractivity contribution in [2.75, 3.05) is 16.9 Å². The number of halogens is 2. The second kappa shape index (κ2) is 12.5. The number of phenolic OH excluding ortho intramolecular Hbond substituents is 1. The van der Waals surface area contributed by atoms with Gasteiger partial charge in [0.15, 0.2) is 11.5 Å². The van der Waals surface area contributed by atoms with Crippen molar-refractivity contribution in [1.82, 2.24) is 0 Å². The second-order valence-corrected chi connectivity index (χ2v) is 14.3. The van der Waals surface area contributed by atoms with Gasteiger partial charge in [0, 0.05) is 16.0 Å². The summed E-state index contributed by atoms with van der Waals surface area (Å²) in [4.78, 5) is 60.9. The Labute approximate surface area is 304 Å². The Hall–Kier alpha value is -5.18. The predicted molar refractivity (Wildman–Crippen MR) is 194 cm³/mol. The van der Waals surface area contributed by atoms with Crippen LogP contribution >= 0.6 is 23.2 Å². The number of methoxy groups -OCH3 is 1. The van der Waals surface area contributed by atoms with Crippen molar-refractivity contribution in [1.29, 1.82) is 0 Å². The Morgan fingerprint density at radius 3 is 2.27 bits per heavy atom. The summed E-state index contributed by atoms with van der Waals surface area (Å²) in [7, 11) is 1.47. The molecule has 2 aliphatic heterocycles. The highest BCUT2D eigenvalue weighted by Crippen LogP contribution is 2.62. The third-order valence-electron chi connectivity index (χ3n) is 11.0.